The van der Waals surface area contributed by atoms with Gasteiger partial charge in [-0.3, -0.25) is 9.69 Å². The Morgan fingerprint density at radius 3 is 2.57 bits per heavy atom. The van der Waals surface area contributed by atoms with E-state index >= 15 is 0 Å². The predicted molar refractivity (Wildman–Crippen MR) is 109 cm³/mol. The summed E-state index contributed by atoms with van der Waals surface area (Å²) in [5.41, 5.74) is 2.20. The molecule has 3 rings (SSSR count). The first-order valence-corrected chi connectivity index (χ1v) is 9.76. The number of ether oxygens (including phenoxy) is 1. The monoisotopic (exact) mass is 385 g/mol. The topological polar surface area (TPSA) is 44.8 Å². The molecule has 5 nitrogen and oxygen atoms in total. The third-order valence-electron chi connectivity index (χ3n) is 5.09. The number of nitrogens with one attached hydrogen (secondary N) is 1. The van der Waals surface area contributed by atoms with Gasteiger partial charge in [-0.25, -0.2) is 4.39 Å². The SMILES string of the molecule is COc1cccc(CCNC(=O)CCN2CCN(c3ccc(F)cc3)CC2)c1. The van der Waals surface area contributed by atoms with Crippen LogP contribution in [0.15, 0.2) is 48.5 Å². The van der Waals surface area contributed by atoms with Crippen LogP contribution in [0, 0.1) is 5.82 Å². The van der Waals surface area contributed by atoms with Gasteiger partial charge >= 0.3 is 0 Å². The van der Waals surface area contributed by atoms with Crippen LogP contribution in [0.2, 0.25) is 0 Å². The molecule has 2 aromatic carbocycles. The van der Waals surface area contributed by atoms with Crippen molar-refractivity contribution in [3.8, 4) is 5.75 Å². The van der Waals surface area contributed by atoms with Crippen LogP contribution in [0.1, 0.15) is 12.0 Å². The number of carbonyl (C=O) groups is 1. The first-order chi connectivity index (χ1) is 13.6. The minimum atomic E-state index is -0.209. The lowest BCUT2D eigenvalue weighted by molar-refractivity contribution is -0.121. The molecule has 1 aliphatic heterocycles. The molecule has 150 valence electrons. The minimum absolute atomic E-state index is 0.0869. The quantitative estimate of drug-likeness (QED) is 0.759. The summed E-state index contributed by atoms with van der Waals surface area (Å²) in [5.74, 6) is 0.715. The van der Waals surface area contributed by atoms with Crippen molar-refractivity contribution in [2.45, 2.75) is 12.8 Å². The Morgan fingerprint density at radius 1 is 1.11 bits per heavy atom. The van der Waals surface area contributed by atoms with Gasteiger partial charge in [0.05, 0.1) is 7.11 Å². The molecule has 0 bridgehead atoms. The van der Waals surface area contributed by atoms with Gasteiger partial charge in [-0.15, -0.1) is 0 Å². The fourth-order valence-corrected chi connectivity index (χ4v) is 3.40. The zero-order valence-electron chi connectivity index (χ0n) is 16.4. The van der Waals surface area contributed by atoms with E-state index in [9.17, 15) is 9.18 Å². The number of rotatable bonds is 8. The highest BCUT2D eigenvalue weighted by Crippen LogP contribution is 2.17. The number of hydrogen-bond donors (Lipinski definition) is 1. The number of nitrogens with zero attached hydrogens (tertiary/aromatic N) is 2. The summed E-state index contributed by atoms with van der Waals surface area (Å²) in [6, 6.07) is 14.5. The molecule has 0 unspecified atom stereocenters. The molecule has 1 fully saturated rings. The third kappa shape index (κ3) is 5.96. The van der Waals surface area contributed by atoms with E-state index in [1.807, 2.05) is 36.4 Å². The van der Waals surface area contributed by atoms with Gasteiger partial charge in [0.1, 0.15) is 11.6 Å². The van der Waals surface area contributed by atoms with Crippen LogP contribution in [0.25, 0.3) is 0 Å². The van der Waals surface area contributed by atoms with Crippen molar-refractivity contribution in [2.24, 2.45) is 0 Å². The van der Waals surface area contributed by atoms with Crippen LogP contribution in [0.4, 0.5) is 10.1 Å². The largest absolute Gasteiger partial charge is 0.497 e. The standard InChI is InChI=1S/C22H28FN3O2/c1-28-21-4-2-3-18(17-21)9-11-24-22(27)10-12-25-13-15-26(16-14-25)20-7-5-19(23)6-8-20/h2-8,17H,9-16H2,1H3,(H,24,27). The van der Waals surface area contributed by atoms with Gasteiger partial charge in [0.2, 0.25) is 5.91 Å². The van der Waals surface area contributed by atoms with E-state index < -0.39 is 0 Å². The van der Waals surface area contributed by atoms with E-state index in [4.69, 9.17) is 4.74 Å². The zero-order valence-corrected chi connectivity index (χ0v) is 16.4. The van der Waals surface area contributed by atoms with Crippen molar-refractivity contribution in [1.29, 1.82) is 0 Å². The van der Waals surface area contributed by atoms with Crippen LogP contribution in [0.3, 0.4) is 0 Å². The average molecular weight is 385 g/mol. The Morgan fingerprint density at radius 2 is 1.86 bits per heavy atom. The first-order valence-electron chi connectivity index (χ1n) is 9.76. The number of halogens is 1. The van der Waals surface area contributed by atoms with Crippen molar-refractivity contribution < 1.29 is 13.9 Å². The second-order valence-corrected chi connectivity index (χ2v) is 7.01. The third-order valence-corrected chi connectivity index (χ3v) is 5.09. The normalized spacial score (nSPS) is 14.7. The molecule has 1 aliphatic rings. The molecule has 0 saturated carbocycles. The van der Waals surface area contributed by atoms with Crippen LogP contribution in [0.5, 0.6) is 5.75 Å². The highest BCUT2D eigenvalue weighted by molar-refractivity contribution is 5.76. The summed E-state index contributed by atoms with van der Waals surface area (Å²) in [7, 11) is 1.65. The summed E-state index contributed by atoms with van der Waals surface area (Å²) in [6.45, 7) is 5.00. The molecule has 1 amide bonds. The Kier molecular flexibility index (Phi) is 7.25. The predicted octanol–water partition coefficient (Wildman–Crippen LogP) is 2.71. The fraction of sp³-hybridized carbons (Fsp3) is 0.409. The molecule has 1 heterocycles. The summed E-state index contributed by atoms with van der Waals surface area (Å²) in [5, 5.41) is 3.00. The maximum Gasteiger partial charge on any atom is 0.221 e. The molecular formula is C22H28FN3O2. The van der Waals surface area contributed by atoms with Crippen molar-refractivity contribution >= 4 is 11.6 Å². The van der Waals surface area contributed by atoms with Crippen LogP contribution in [-0.4, -0.2) is 57.2 Å². The maximum absolute atomic E-state index is 13.0. The Hall–Kier alpha value is -2.60. The molecule has 1 saturated heterocycles. The maximum atomic E-state index is 13.0. The summed E-state index contributed by atoms with van der Waals surface area (Å²) < 4.78 is 18.3. The van der Waals surface area contributed by atoms with Crippen LogP contribution in [-0.2, 0) is 11.2 Å². The zero-order chi connectivity index (χ0) is 19.8. The van der Waals surface area contributed by atoms with E-state index in [1.165, 1.54) is 12.1 Å². The van der Waals surface area contributed by atoms with E-state index in [0.29, 0.717) is 13.0 Å². The molecule has 0 aliphatic carbocycles. The fourth-order valence-electron chi connectivity index (χ4n) is 3.40. The molecule has 0 spiro atoms. The van der Waals surface area contributed by atoms with Crippen LogP contribution < -0.4 is 15.0 Å². The van der Waals surface area contributed by atoms with Gasteiger partial charge in [-0.05, 0) is 48.4 Å². The smallest absolute Gasteiger partial charge is 0.221 e. The van der Waals surface area contributed by atoms with E-state index in [-0.39, 0.29) is 11.7 Å². The number of amides is 1. The molecular weight excluding hydrogens is 357 g/mol. The molecule has 28 heavy (non-hydrogen) atoms. The Balaban J connectivity index is 1.32. The van der Waals surface area contributed by atoms with Crippen LogP contribution >= 0.6 is 0 Å². The molecule has 0 aromatic heterocycles. The van der Waals surface area contributed by atoms with E-state index in [1.54, 1.807) is 7.11 Å². The second-order valence-electron chi connectivity index (χ2n) is 7.01. The number of hydrogen-bond acceptors (Lipinski definition) is 4. The molecule has 2 aromatic rings. The van der Waals surface area contributed by atoms with E-state index in [2.05, 4.69) is 15.1 Å². The lowest BCUT2D eigenvalue weighted by Crippen LogP contribution is -2.47. The second kappa shape index (κ2) is 10.1. The van der Waals surface area contributed by atoms with Gasteiger partial charge in [0.25, 0.3) is 0 Å². The lowest BCUT2D eigenvalue weighted by Gasteiger charge is -2.36. The molecule has 1 N–H and O–H groups in total. The number of methoxy groups -OCH3 is 1. The minimum Gasteiger partial charge on any atom is -0.497 e. The van der Waals surface area contributed by atoms with Gasteiger partial charge in [-0.1, -0.05) is 12.1 Å². The van der Waals surface area contributed by atoms with Gasteiger partial charge in [0, 0.05) is 51.4 Å². The summed E-state index contributed by atoms with van der Waals surface area (Å²) in [6.07, 6.45) is 1.30. The summed E-state index contributed by atoms with van der Waals surface area (Å²) >= 11 is 0. The van der Waals surface area contributed by atoms with Gasteiger partial charge in [-0.2, -0.15) is 0 Å². The number of carbonyl (C=O) groups excluding carboxylic acids is 1. The molecule has 0 radical (unpaired) electrons. The Labute approximate surface area is 166 Å². The Bertz CT molecular complexity index is 759. The number of benzene rings is 2. The summed E-state index contributed by atoms with van der Waals surface area (Å²) in [4.78, 5) is 16.7. The van der Waals surface area contributed by atoms with Crippen molar-refractivity contribution in [1.82, 2.24) is 10.2 Å². The van der Waals surface area contributed by atoms with Gasteiger partial charge < -0.3 is 15.0 Å². The lowest BCUT2D eigenvalue weighted by atomic mass is 10.1. The van der Waals surface area contributed by atoms with Gasteiger partial charge in [0.15, 0.2) is 0 Å². The number of anilines is 1. The highest BCUT2D eigenvalue weighted by Gasteiger charge is 2.17. The van der Waals surface area contributed by atoms with Crippen molar-refractivity contribution in [3.05, 3.63) is 59.9 Å². The van der Waals surface area contributed by atoms with Crippen molar-refractivity contribution in [3.63, 3.8) is 0 Å². The molecule has 6 heteroatoms. The molecule has 0 atom stereocenters. The average Bonchev–Trinajstić information content (AvgIpc) is 2.73. The number of piperazine rings is 1. The first kappa shape index (κ1) is 20.1. The highest BCUT2D eigenvalue weighted by atomic mass is 19.1. The van der Waals surface area contributed by atoms with Crippen molar-refractivity contribution in [2.75, 3.05) is 51.3 Å². The van der Waals surface area contributed by atoms with E-state index in [0.717, 1.165) is 56.1 Å².